The number of anilines is 1. The second-order valence-electron chi connectivity index (χ2n) is 6.28. The fourth-order valence-corrected chi connectivity index (χ4v) is 2.57. The molecule has 6 nitrogen and oxygen atoms in total. The lowest BCUT2D eigenvalue weighted by Crippen LogP contribution is -2.12. The number of nitrogens with zero attached hydrogens (tertiary/aromatic N) is 3. The highest BCUT2D eigenvalue weighted by Crippen LogP contribution is 2.29. The van der Waals surface area contributed by atoms with Crippen LogP contribution in [0.3, 0.4) is 0 Å². The van der Waals surface area contributed by atoms with Crippen molar-refractivity contribution in [2.75, 3.05) is 11.9 Å². The van der Waals surface area contributed by atoms with E-state index >= 15 is 0 Å². The van der Waals surface area contributed by atoms with Crippen molar-refractivity contribution in [3.05, 3.63) is 84.1 Å². The van der Waals surface area contributed by atoms with Gasteiger partial charge in [-0.05, 0) is 35.4 Å². The molecule has 0 atom stereocenters. The molecule has 0 radical (unpaired) electrons. The maximum atomic E-state index is 12.8. The molecule has 0 aliphatic heterocycles. The van der Waals surface area contributed by atoms with Gasteiger partial charge in [0.2, 0.25) is 0 Å². The summed E-state index contributed by atoms with van der Waals surface area (Å²) in [4.78, 5) is 20.4. The molecule has 29 heavy (non-hydrogen) atoms. The van der Waals surface area contributed by atoms with Gasteiger partial charge in [-0.15, -0.1) is 0 Å². The first-order valence-corrected chi connectivity index (χ1v) is 8.50. The van der Waals surface area contributed by atoms with E-state index in [1.807, 2.05) is 0 Å². The lowest BCUT2D eigenvalue weighted by atomic mass is 10.1. The fraction of sp³-hybridized carbons (Fsp3) is 0.150. The van der Waals surface area contributed by atoms with Crippen molar-refractivity contribution in [3.8, 4) is 0 Å². The quantitative estimate of drug-likeness (QED) is 0.660. The Morgan fingerprint density at radius 1 is 1.21 bits per heavy atom. The largest absolute Gasteiger partial charge is 0.416 e. The topological polar surface area (TPSA) is 80.0 Å². The molecule has 0 saturated heterocycles. The molecule has 3 aromatic rings. The van der Waals surface area contributed by atoms with Crippen LogP contribution in [0.4, 0.5) is 19.0 Å². The van der Waals surface area contributed by atoms with Gasteiger partial charge >= 0.3 is 6.18 Å². The number of aliphatic hydroxyl groups excluding tert-OH is 1. The van der Waals surface area contributed by atoms with E-state index in [-0.39, 0.29) is 24.5 Å². The third kappa shape index (κ3) is 5.08. The fourth-order valence-electron chi connectivity index (χ4n) is 2.57. The summed E-state index contributed by atoms with van der Waals surface area (Å²) in [5, 5.41) is 11.6. The number of alkyl halides is 3. The number of carbonyl (C=O) groups excluding carboxylic acids is 1. The number of halogens is 3. The molecule has 0 fully saturated rings. The number of imidazole rings is 1. The molecule has 3 rings (SSSR count). The van der Waals surface area contributed by atoms with Crippen molar-refractivity contribution in [3.63, 3.8) is 0 Å². The summed E-state index contributed by atoms with van der Waals surface area (Å²) in [5.74, 6) is -0.186. The van der Waals surface area contributed by atoms with Gasteiger partial charge in [0.05, 0.1) is 29.8 Å². The van der Waals surface area contributed by atoms with E-state index in [9.17, 15) is 18.0 Å². The molecule has 2 aromatic heterocycles. The van der Waals surface area contributed by atoms with E-state index in [4.69, 9.17) is 5.11 Å². The van der Waals surface area contributed by atoms with Crippen LogP contribution in [0.15, 0.2) is 61.7 Å². The third-order valence-corrected chi connectivity index (χ3v) is 4.07. The first kappa shape index (κ1) is 20.3. The van der Waals surface area contributed by atoms with Gasteiger partial charge in [0.25, 0.3) is 5.91 Å². The number of hydrogen-bond acceptors (Lipinski definition) is 4. The molecule has 0 saturated carbocycles. The van der Waals surface area contributed by atoms with Crippen LogP contribution in [0.1, 0.15) is 27.2 Å². The monoisotopic (exact) mass is 402 g/mol. The van der Waals surface area contributed by atoms with Crippen molar-refractivity contribution in [2.45, 2.75) is 12.7 Å². The molecule has 1 aromatic carbocycles. The number of nitrogens with one attached hydrogen (secondary N) is 1. The average molecular weight is 402 g/mol. The van der Waals surface area contributed by atoms with E-state index in [0.717, 1.165) is 12.1 Å². The van der Waals surface area contributed by atoms with Crippen LogP contribution in [0.25, 0.3) is 5.57 Å². The minimum Gasteiger partial charge on any atom is -0.392 e. The smallest absolute Gasteiger partial charge is 0.392 e. The molecule has 2 N–H and O–H groups in total. The third-order valence-electron chi connectivity index (χ3n) is 4.07. The lowest BCUT2D eigenvalue weighted by Gasteiger charge is -2.09. The summed E-state index contributed by atoms with van der Waals surface area (Å²) in [6.45, 7) is 3.59. The number of aromatic nitrogens is 3. The maximum Gasteiger partial charge on any atom is 0.416 e. The standard InChI is InChI=1S/C20H17F3N4O2/c1-13(11-28)17-6-5-15(8-24-17)19(29)26-18-10-27(12-25-18)9-14-3-2-4-16(7-14)20(21,22)23/h2-8,10,12,28H,1,9,11H2,(H,26,29). The summed E-state index contributed by atoms with van der Waals surface area (Å²) >= 11 is 0. The Balaban J connectivity index is 1.66. The van der Waals surface area contributed by atoms with Gasteiger partial charge in [0.15, 0.2) is 5.82 Å². The highest BCUT2D eigenvalue weighted by Gasteiger charge is 2.30. The Bertz CT molecular complexity index is 1030. The Hall–Kier alpha value is -3.46. The van der Waals surface area contributed by atoms with Gasteiger partial charge < -0.3 is 15.0 Å². The number of benzene rings is 1. The van der Waals surface area contributed by atoms with Crippen LogP contribution < -0.4 is 5.32 Å². The molecule has 1 amide bonds. The van der Waals surface area contributed by atoms with Crippen molar-refractivity contribution in [2.24, 2.45) is 0 Å². The van der Waals surface area contributed by atoms with Gasteiger partial charge in [-0.3, -0.25) is 9.78 Å². The molecular weight excluding hydrogens is 385 g/mol. The molecule has 0 aliphatic rings. The van der Waals surface area contributed by atoms with Gasteiger partial charge in [-0.25, -0.2) is 4.98 Å². The maximum absolute atomic E-state index is 12.8. The van der Waals surface area contributed by atoms with Crippen molar-refractivity contribution in [1.29, 1.82) is 0 Å². The molecule has 150 valence electrons. The first-order chi connectivity index (χ1) is 13.8. The van der Waals surface area contributed by atoms with E-state index in [2.05, 4.69) is 21.9 Å². The Morgan fingerprint density at radius 3 is 2.66 bits per heavy atom. The van der Waals surface area contributed by atoms with Crippen LogP contribution in [0.5, 0.6) is 0 Å². The molecule has 0 bridgehead atoms. The zero-order chi connectivity index (χ0) is 21.0. The van der Waals surface area contributed by atoms with Gasteiger partial charge in [-0.2, -0.15) is 13.2 Å². The number of rotatable bonds is 6. The summed E-state index contributed by atoms with van der Waals surface area (Å²) in [6.07, 6.45) is -0.113. The number of amides is 1. The van der Waals surface area contributed by atoms with E-state index in [0.29, 0.717) is 16.8 Å². The normalized spacial score (nSPS) is 11.3. The summed E-state index contributed by atoms with van der Waals surface area (Å²) in [7, 11) is 0. The zero-order valence-electron chi connectivity index (χ0n) is 15.1. The minimum atomic E-state index is -4.41. The predicted octanol–water partition coefficient (Wildman–Crippen LogP) is 3.60. The van der Waals surface area contributed by atoms with Crippen LogP contribution in [-0.4, -0.2) is 32.2 Å². The molecule has 0 spiro atoms. The molecule has 0 unspecified atom stereocenters. The van der Waals surface area contributed by atoms with Crippen molar-refractivity contribution >= 4 is 17.3 Å². The highest BCUT2D eigenvalue weighted by atomic mass is 19.4. The number of hydrogen-bond donors (Lipinski definition) is 2. The van der Waals surface area contributed by atoms with E-state index in [1.54, 1.807) is 16.7 Å². The average Bonchev–Trinajstić information content (AvgIpc) is 3.13. The van der Waals surface area contributed by atoms with Crippen LogP contribution >= 0.6 is 0 Å². The predicted molar refractivity (Wildman–Crippen MR) is 101 cm³/mol. The van der Waals surface area contributed by atoms with Crippen LogP contribution in [0.2, 0.25) is 0 Å². The SMILES string of the molecule is C=C(CO)c1ccc(C(=O)Nc2cn(Cc3cccc(C(F)(F)F)c3)cn2)cn1. The van der Waals surface area contributed by atoms with E-state index < -0.39 is 17.6 Å². The van der Waals surface area contributed by atoms with Crippen LogP contribution in [-0.2, 0) is 12.7 Å². The minimum absolute atomic E-state index is 0.173. The lowest BCUT2D eigenvalue weighted by molar-refractivity contribution is -0.137. The molecule has 0 aliphatic carbocycles. The Labute approximate surface area is 164 Å². The number of pyridine rings is 1. The Kier molecular flexibility index (Phi) is 5.79. The van der Waals surface area contributed by atoms with Crippen molar-refractivity contribution < 1.29 is 23.1 Å². The second kappa shape index (κ2) is 8.27. The van der Waals surface area contributed by atoms with Gasteiger partial charge in [0.1, 0.15) is 0 Å². The number of aliphatic hydroxyl groups is 1. The first-order valence-electron chi connectivity index (χ1n) is 8.50. The molecular formula is C20H17F3N4O2. The van der Waals surface area contributed by atoms with Gasteiger partial charge in [0, 0.05) is 18.9 Å². The van der Waals surface area contributed by atoms with Crippen molar-refractivity contribution in [1.82, 2.24) is 14.5 Å². The van der Waals surface area contributed by atoms with Crippen LogP contribution in [0, 0.1) is 0 Å². The highest BCUT2D eigenvalue weighted by molar-refractivity contribution is 6.03. The van der Waals surface area contributed by atoms with Gasteiger partial charge in [-0.1, -0.05) is 18.7 Å². The molecule has 9 heteroatoms. The number of carbonyl (C=O) groups is 1. The summed E-state index contributed by atoms with van der Waals surface area (Å²) in [6, 6.07) is 8.13. The summed E-state index contributed by atoms with van der Waals surface area (Å²) in [5.41, 5.74) is 0.939. The Morgan fingerprint density at radius 2 is 2.00 bits per heavy atom. The summed E-state index contributed by atoms with van der Waals surface area (Å²) < 4.78 is 40.0. The zero-order valence-corrected chi connectivity index (χ0v) is 15.1. The van der Waals surface area contributed by atoms with E-state index in [1.165, 1.54) is 30.9 Å². The molecule has 2 heterocycles. The second-order valence-corrected chi connectivity index (χ2v) is 6.28.